The zero-order valence-corrected chi connectivity index (χ0v) is 21.0. The predicted molar refractivity (Wildman–Crippen MR) is 131 cm³/mol. The molecule has 8 heteroatoms. The van der Waals surface area contributed by atoms with Gasteiger partial charge in [-0.25, -0.2) is 0 Å². The molecule has 0 saturated carbocycles. The summed E-state index contributed by atoms with van der Waals surface area (Å²) in [6.07, 6.45) is 0. The highest BCUT2D eigenvalue weighted by atomic mass is 16.7. The number of likely N-dealkylation sites (tertiary alicyclic amines) is 1. The molecule has 0 aliphatic carbocycles. The minimum Gasteiger partial charge on any atom is -0.497 e. The number of aliphatic carboxylic acids is 1. The van der Waals surface area contributed by atoms with Crippen LogP contribution in [0, 0.1) is 11.3 Å². The number of likely N-dealkylation sites (N-methyl/N-ethyl adjacent to an activating group) is 1. The number of fused-ring (bicyclic) bond motifs is 1. The van der Waals surface area contributed by atoms with Gasteiger partial charge in [-0.2, -0.15) is 0 Å². The van der Waals surface area contributed by atoms with Gasteiger partial charge in [-0.05, 0) is 40.8 Å². The highest BCUT2D eigenvalue weighted by Crippen LogP contribution is 2.47. The number of hydrogen-bond donors (Lipinski definition) is 1. The molecule has 0 spiro atoms. The highest BCUT2D eigenvalue weighted by molar-refractivity contribution is 5.79. The summed E-state index contributed by atoms with van der Waals surface area (Å²) in [4.78, 5) is 29.6. The average Bonchev–Trinajstić information content (AvgIpc) is 3.42. The second-order valence-corrected chi connectivity index (χ2v) is 10.5. The van der Waals surface area contributed by atoms with Crippen molar-refractivity contribution in [3.8, 4) is 17.2 Å². The lowest BCUT2D eigenvalue weighted by Gasteiger charge is -2.31. The molecule has 2 aromatic rings. The number of benzene rings is 2. The van der Waals surface area contributed by atoms with Gasteiger partial charge >= 0.3 is 5.97 Å². The van der Waals surface area contributed by atoms with Crippen LogP contribution in [0.3, 0.4) is 0 Å². The van der Waals surface area contributed by atoms with E-state index in [1.54, 1.807) is 19.1 Å². The molecule has 4 rings (SSSR count). The molecule has 0 unspecified atom stereocenters. The van der Waals surface area contributed by atoms with Crippen molar-refractivity contribution in [2.24, 2.45) is 11.3 Å². The number of carboxylic acid groups (broad SMARTS) is 1. The van der Waals surface area contributed by atoms with Crippen LogP contribution in [0.15, 0.2) is 42.5 Å². The Morgan fingerprint density at radius 2 is 1.74 bits per heavy atom. The summed E-state index contributed by atoms with van der Waals surface area (Å²) < 4.78 is 16.3. The van der Waals surface area contributed by atoms with E-state index in [1.165, 1.54) is 0 Å². The van der Waals surface area contributed by atoms with Crippen LogP contribution >= 0.6 is 0 Å². The SMILES string of the molecule is COc1ccc([C@H]2[C@H](C(=O)O)[C@@H](c3ccc4c(c3)OCO4)CN2CC(=O)N(C)CC(C)(C)C)cc1. The highest BCUT2D eigenvalue weighted by Gasteiger charge is 2.48. The Kier molecular flexibility index (Phi) is 6.94. The van der Waals surface area contributed by atoms with E-state index in [2.05, 4.69) is 20.8 Å². The van der Waals surface area contributed by atoms with Gasteiger partial charge in [-0.15, -0.1) is 0 Å². The summed E-state index contributed by atoms with van der Waals surface area (Å²) in [6.45, 7) is 7.59. The molecule has 1 N–H and O–H groups in total. The third kappa shape index (κ3) is 5.37. The Hall–Kier alpha value is -3.26. The number of ether oxygens (including phenoxy) is 3. The first-order chi connectivity index (χ1) is 16.6. The van der Waals surface area contributed by atoms with E-state index < -0.39 is 17.9 Å². The van der Waals surface area contributed by atoms with E-state index in [1.807, 2.05) is 47.4 Å². The predicted octanol–water partition coefficient (Wildman–Crippen LogP) is 3.77. The molecular formula is C27H34N2O6. The summed E-state index contributed by atoms with van der Waals surface area (Å²) in [5.41, 5.74) is 1.66. The van der Waals surface area contributed by atoms with Crippen LogP contribution in [0.4, 0.5) is 0 Å². The molecule has 2 aliphatic heterocycles. The first-order valence-electron chi connectivity index (χ1n) is 11.8. The average molecular weight is 483 g/mol. The minimum absolute atomic E-state index is 0.0334. The molecule has 1 fully saturated rings. The van der Waals surface area contributed by atoms with Crippen molar-refractivity contribution in [2.45, 2.75) is 32.7 Å². The van der Waals surface area contributed by atoms with Gasteiger partial charge in [0.1, 0.15) is 5.75 Å². The van der Waals surface area contributed by atoms with E-state index in [9.17, 15) is 14.7 Å². The third-order valence-corrected chi connectivity index (χ3v) is 6.64. The van der Waals surface area contributed by atoms with Crippen molar-refractivity contribution in [3.05, 3.63) is 53.6 Å². The van der Waals surface area contributed by atoms with Crippen LogP contribution < -0.4 is 14.2 Å². The van der Waals surface area contributed by atoms with Crippen molar-refractivity contribution in [1.29, 1.82) is 0 Å². The van der Waals surface area contributed by atoms with Gasteiger partial charge in [0.05, 0.1) is 19.6 Å². The number of rotatable bonds is 7. The molecular weight excluding hydrogens is 448 g/mol. The van der Waals surface area contributed by atoms with E-state index in [-0.39, 0.29) is 30.6 Å². The summed E-state index contributed by atoms with van der Waals surface area (Å²) in [6, 6.07) is 12.5. The van der Waals surface area contributed by atoms with E-state index in [0.717, 1.165) is 11.1 Å². The van der Waals surface area contributed by atoms with Gasteiger partial charge in [-0.1, -0.05) is 39.0 Å². The summed E-state index contributed by atoms with van der Waals surface area (Å²) >= 11 is 0. The maximum Gasteiger partial charge on any atom is 0.309 e. The molecule has 2 heterocycles. The number of nitrogens with zero attached hydrogens (tertiary/aromatic N) is 2. The third-order valence-electron chi connectivity index (χ3n) is 6.64. The van der Waals surface area contributed by atoms with Crippen molar-refractivity contribution < 1.29 is 28.9 Å². The molecule has 0 radical (unpaired) electrons. The minimum atomic E-state index is -0.897. The fourth-order valence-corrected chi connectivity index (χ4v) is 5.17. The number of amides is 1. The molecule has 188 valence electrons. The summed E-state index contributed by atoms with van der Waals surface area (Å²) in [5.74, 6) is -0.0357. The Morgan fingerprint density at radius 3 is 2.37 bits per heavy atom. The topological polar surface area (TPSA) is 88.5 Å². The van der Waals surface area contributed by atoms with Gasteiger partial charge < -0.3 is 24.2 Å². The van der Waals surface area contributed by atoms with Crippen LogP contribution in [0.2, 0.25) is 0 Å². The smallest absolute Gasteiger partial charge is 0.309 e. The molecule has 1 saturated heterocycles. The largest absolute Gasteiger partial charge is 0.497 e. The normalized spacial score (nSPS) is 21.7. The van der Waals surface area contributed by atoms with Crippen LogP contribution in [-0.4, -0.2) is 67.4 Å². The van der Waals surface area contributed by atoms with Crippen molar-refractivity contribution in [1.82, 2.24) is 9.80 Å². The number of carboxylic acids is 1. The monoisotopic (exact) mass is 482 g/mol. The fourth-order valence-electron chi connectivity index (χ4n) is 5.17. The number of carbonyl (C=O) groups is 2. The first-order valence-corrected chi connectivity index (χ1v) is 11.8. The summed E-state index contributed by atoms with van der Waals surface area (Å²) in [5, 5.41) is 10.4. The molecule has 2 aliphatic rings. The quantitative estimate of drug-likeness (QED) is 0.643. The maximum atomic E-state index is 13.2. The second kappa shape index (κ2) is 9.77. The van der Waals surface area contributed by atoms with Crippen molar-refractivity contribution >= 4 is 11.9 Å². The molecule has 1 amide bonds. The zero-order chi connectivity index (χ0) is 25.3. The van der Waals surface area contributed by atoms with Crippen molar-refractivity contribution in [3.63, 3.8) is 0 Å². The number of carbonyl (C=O) groups excluding carboxylic acids is 1. The van der Waals surface area contributed by atoms with Gasteiger partial charge in [0.25, 0.3) is 0 Å². The summed E-state index contributed by atoms with van der Waals surface area (Å²) in [7, 11) is 3.40. The maximum absolute atomic E-state index is 13.2. The fraction of sp³-hybridized carbons (Fsp3) is 0.481. The zero-order valence-electron chi connectivity index (χ0n) is 21.0. The molecule has 3 atom stereocenters. The Bertz CT molecular complexity index is 1080. The standard InChI is InChI=1S/C27H34N2O6/c1-27(2,3)15-28(4)23(30)14-29-13-20(18-8-11-21-22(12-18)35-16-34-21)24(26(31)32)25(29)17-6-9-19(33-5)10-7-17/h6-12,20,24-25H,13-16H2,1-5H3,(H,31,32)/t20-,24-,25+/m1/s1. The number of methoxy groups -OCH3 is 1. The second-order valence-electron chi connectivity index (χ2n) is 10.5. The Labute approximate surface area is 206 Å². The molecule has 0 bridgehead atoms. The van der Waals surface area contributed by atoms with Gasteiger partial charge in [0, 0.05) is 32.1 Å². The lowest BCUT2D eigenvalue weighted by Crippen LogP contribution is -2.42. The van der Waals surface area contributed by atoms with Crippen molar-refractivity contribution in [2.75, 3.05) is 40.6 Å². The number of hydrogen-bond acceptors (Lipinski definition) is 6. The Morgan fingerprint density at radius 1 is 1.09 bits per heavy atom. The molecule has 8 nitrogen and oxygen atoms in total. The van der Waals surface area contributed by atoms with Gasteiger partial charge in [0.15, 0.2) is 11.5 Å². The van der Waals surface area contributed by atoms with Crippen LogP contribution in [0.25, 0.3) is 0 Å². The van der Waals surface area contributed by atoms with E-state index in [4.69, 9.17) is 14.2 Å². The van der Waals surface area contributed by atoms with E-state index >= 15 is 0 Å². The van der Waals surface area contributed by atoms with Crippen LogP contribution in [-0.2, 0) is 9.59 Å². The first kappa shape index (κ1) is 24.9. The lowest BCUT2D eigenvalue weighted by molar-refractivity contribution is -0.143. The van der Waals surface area contributed by atoms with E-state index in [0.29, 0.717) is 30.3 Å². The van der Waals surface area contributed by atoms with Crippen LogP contribution in [0.1, 0.15) is 43.9 Å². The Balaban J connectivity index is 1.69. The molecule has 2 aromatic carbocycles. The lowest BCUT2D eigenvalue weighted by atomic mass is 9.82. The molecule has 0 aromatic heterocycles. The van der Waals surface area contributed by atoms with Gasteiger partial charge in [0.2, 0.25) is 12.7 Å². The van der Waals surface area contributed by atoms with Crippen LogP contribution in [0.5, 0.6) is 17.2 Å². The van der Waals surface area contributed by atoms with Gasteiger partial charge in [-0.3, -0.25) is 14.5 Å². The molecule has 35 heavy (non-hydrogen) atoms.